The molecule has 1 aromatic carbocycles. The second-order valence-corrected chi connectivity index (χ2v) is 4.89. The van der Waals surface area contributed by atoms with Gasteiger partial charge in [-0.25, -0.2) is 4.79 Å². The standard InChI is InChI=1S/C13H14ClNO4/c14-11-2-1-9(6-10(11)13(17)18)15-12(16)5-8-3-4-19-7-8/h1-2,6,8H,3-5,7H2,(H,15,16)(H,17,18). The summed E-state index contributed by atoms with van der Waals surface area (Å²) in [5.74, 6) is -1.02. The number of anilines is 1. The zero-order valence-corrected chi connectivity index (χ0v) is 10.9. The van der Waals surface area contributed by atoms with Crippen LogP contribution in [0.2, 0.25) is 5.02 Å². The first-order valence-electron chi connectivity index (χ1n) is 5.96. The van der Waals surface area contributed by atoms with Gasteiger partial charge >= 0.3 is 5.97 Å². The van der Waals surface area contributed by atoms with Gasteiger partial charge in [0.1, 0.15) is 0 Å². The lowest BCUT2D eigenvalue weighted by Gasteiger charge is -2.09. The Morgan fingerprint density at radius 1 is 1.47 bits per heavy atom. The molecule has 0 radical (unpaired) electrons. The molecular formula is C13H14ClNO4. The Morgan fingerprint density at radius 2 is 2.26 bits per heavy atom. The van der Waals surface area contributed by atoms with E-state index in [9.17, 15) is 9.59 Å². The van der Waals surface area contributed by atoms with E-state index in [-0.39, 0.29) is 22.4 Å². The van der Waals surface area contributed by atoms with Crippen molar-refractivity contribution in [3.05, 3.63) is 28.8 Å². The Hall–Kier alpha value is -1.59. The van der Waals surface area contributed by atoms with Crippen molar-refractivity contribution in [1.82, 2.24) is 0 Å². The molecule has 0 spiro atoms. The first-order chi connectivity index (χ1) is 9.06. The van der Waals surface area contributed by atoms with Crippen molar-refractivity contribution in [3.8, 4) is 0 Å². The molecule has 5 nitrogen and oxygen atoms in total. The molecule has 1 aliphatic rings. The molecule has 1 aliphatic heterocycles. The predicted octanol–water partition coefficient (Wildman–Crippen LogP) is 2.40. The number of halogens is 1. The number of rotatable bonds is 4. The number of nitrogens with one attached hydrogen (secondary N) is 1. The Balaban J connectivity index is 2.00. The van der Waals surface area contributed by atoms with Crippen molar-refractivity contribution in [2.45, 2.75) is 12.8 Å². The van der Waals surface area contributed by atoms with Gasteiger partial charge in [0.15, 0.2) is 0 Å². The quantitative estimate of drug-likeness (QED) is 0.890. The second kappa shape index (κ2) is 6.04. The van der Waals surface area contributed by atoms with Crippen LogP contribution in [-0.4, -0.2) is 30.2 Å². The molecule has 1 unspecified atom stereocenters. The molecule has 0 aromatic heterocycles. The van der Waals surface area contributed by atoms with E-state index in [1.165, 1.54) is 12.1 Å². The molecule has 0 saturated carbocycles. The van der Waals surface area contributed by atoms with Gasteiger partial charge in [0, 0.05) is 25.3 Å². The normalized spacial score (nSPS) is 18.3. The van der Waals surface area contributed by atoms with Crippen LogP contribution in [0, 0.1) is 5.92 Å². The first kappa shape index (κ1) is 13.8. The molecule has 2 rings (SSSR count). The number of carbonyl (C=O) groups excluding carboxylic acids is 1. The van der Waals surface area contributed by atoms with E-state index in [2.05, 4.69) is 5.32 Å². The minimum absolute atomic E-state index is 0.0244. The third-order valence-corrected chi connectivity index (χ3v) is 3.31. The zero-order valence-electron chi connectivity index (χ0n) is 10.2. The summed E-state index contributed by atoms with van der Waals surface area (Å²) >= 11 is 5.76. The van der Waals surface area contributed by atoms with Crippen LogP contribution in [0.5, 0.6) is 0 Å². The van der Waals surface area contributed by atoms with Gasteiger partial charge in [0.05, 0.1) is 10.6 Å². The minimum Gasteiger partial charge on any atom is -0.478 e. The SMILES string of the molecule is O=C(CC1CCOC1)Nc1ccc(Cl)c(C(=O)O)c1. The largest absolute Gasteiger partial charge is 0.478 e. The number of benzene rings is 1. The van der Waals surface area contributed by atoms with Gasteiger partial charge in [-0.05, 0) is 30.5 Å². The van der Waals surface area contributed by atoms with Crippen molar-refractivity contribution in [2.75, 3.05) is 18.5 Å². The summed E-state index contributed by atoms with van der Waals surface area (Å²) < 4.78 is 5.20. The average molecular weight is 284 g/mol. The highest BCUT2D eigenvalue weighted by Gasteiger charge is 2.19. The van der Waals surface area contributed by atoms with Gasteiger partial charge in [-0.15, -0.1) is 0 Å². The van der Waals surface area contributed by atoms with E-state index < -0.39 is 5.97 Å². The highest BCUT2D eigenvalue weighted by atomic mass is 35.5. The molecule has 1 atom stereocenters. The molecule has 19 heavy (non-hydrogen) atoms. The summed E-state index contributed by atoms with van der Waals surface area (Å²) in [6.45, 7) is 1.30. The lowest BCUT2D eigenvalue weighted by atomic mass is 10.0. The van der Waals surface area contributed by atoms with Gasteiger partial charge in [-0.1, -0.05) is 11.6 Å². The van der Waals surface area contributed by atoms with Crippen LogP contribution in [0.4, 0.5) is 5.69 Å². The number of aromatic carboxylic acids is 1. The second-order valence-electron chi connectivity index (χ2n) is 4.48. The number of carboxylic acid groups (broad SMARTS) is 1. The molecule has 102 valence electrons. The Morgan fingerprint density at radius 3 is 2.89 bits per heavy atom. The maximum atomic E-state index is 11.8. The van der Waals surface area contributed by atoms with E-state index in [0.29, 0.717) is 25.3 Å². The van der Waals surface area contributed by atoms with Crippen molar-refractivity contribution < 1.29 is 19.4 Å². The molecule has 0 aliphatic carbocycles. The summed E-state index contributed by atoms with van der Waals surface area (Å²) in [5.41, 5.74) is 0.411. The number of ether oxygens (including phenoxy) is 1. The molecule has 6 heteroatoms. The number of hydrogen-bond donors (Lipinski definition) is 2. The van der Waals surface area contributed by atoms with Gasteiger partial charge in [-0.2, -0.15) is 0 Å². The summed E-state index contributed by atoms with van der Waals surface area (Å²) in [4.78, 5) is 22.7. The molecular weight excluding hydrogens is 270 g/mol. The molecule has 2 N–H and O–H groups in total. The summed E-state index contributed by atoms with van der Waals surface area (Å²) in [6.07, 6.45) is 1.26. The molecule has 1 fully saturated rings. The van der Waals surface area contributed by atoms with E-state index >= 15 is 0 Å². The van der Waals surface area contributed by atoms with Crippen molar-refractivity contribution in [3.63, 3.8) is 0 Å². The van der Waals surface area contributed by atoms with Crippen LogP contribution in [-0.2, 0) is 9.53 Å². The van der Waals surface area contributed by atoms with Gasteiger partial charge in [0.2, 0.25) is 5.91 Å². The van der Waals surface area contributed by atoms with Crippen molar-refractivity contribution >= 4 is 29.2 Å². The maximum Gasteiger partial charge on any atom is 0.337 e. The minimum atomic E-state index is -1.12. The predicted molar refractivity (Wildman–Crippen MR) is 70.6 cm³/mol. The van der Waals surface area contributed by atoms with Crippen molar-refractivity contribution in [2.24, 2.45) is 5.92 Å². The third-order valence-electron chi connectivity index (χ3n) is 2.98. The van der Waals surface area contributed by atoms with E-state index in [0.717, 1.165) is 6.42 Å². The van der Waals surface area contributed by atoms with Gasteiger partial charge in [-0.3, -0.25) is 4.79 Å². The highest BCUT2D eigenvalue weighted by Crippen LogP contribution is 2.22. The van der Waals surface area contributed by atoms with E-state index in [1.807, 2.05) is 0 Å². The fraction of sp³-hybridized carbons (Fsp3) is 0.385. The number of carboxylic acids is 1. The molecule has 1 heterocycles. The van der Waals surface area contributed by atoms with Crippen molar-refractivity contribution in [1.29, 1.82) is 0 Å². The number of hydrogen-bond acceptors (Lipinski definition) is 3. The fourth-order valence-electron chi connectivity index (χ4n) is 1.99. The van der Waals surface area contributed by atoms with E-state index in [4.69, 9.17) is 21.4 Å². The lowest BCUT2D eigenvalue weighted by Crippen LogP contribution is -2.17. The smallest absolute Gasteiger partial charge is 0.337 e. The van der Waals surface area contributed by atoms with Crippen LogP contribution < -0.4 is 5.32 Å². The summed E-state index contributed by atoms with van der Waals surface area (Å²) in [7, 11) is 0. The zero-order chi connectivity index (χ0) is 13.8. The molecule has 1 aromatic rings. The van der Waals surface area contributed by atoms with Crippen LogP contribution in [0.1, 0.15) is 23.2 Å². The van der Waals surface area contributed by atoms with Crippen LogP contribution in [0.25, 0.3) is 0 Å². The van der Waals surface area contributed by atoms with Gasteiger partial charge < -0.3 is 15.2 Å². The first-order valence-corrected chi connectivity index (χ1v) is 6.34. The number of amides is 1. The van der Waals surface area contributed by atoms with Crippen LogP contribution >= 0.6 is 11.6 Å². The van der Waals surface area contributed by atoms with Gasteiger partial charge in [0.25, 0.3) is 0 Å². The number of carbonyl (C=O) groups is 2. The Labute approximate surface area is 115 Å². The maximum absolute atomic E-state index is 11.8. The fourth-order valence-corrected chi connectivity index (χ4v) is 2.18. The summed E-state index contributed by atoms with van der Waals surface area (Å²) in [6, 6.07) is 4.39. The highest BCUT2D eigenvalue weighted by molar-refractivity contribution is 6.33. The van der Waals surface area contributed by atoms with Crippen LogP contribution in [0.15, 0.2) is 18.2 Å². The van der Waals surface area contributed by atoms with Crippen LogP contribution in [0.3, 0.4) is 0 Å². The topological polar surface area (TPSA) is 75.6 Å². The Bertz CT molecular complexity index is 497. The monoisotopic (exact) mass is 283 g/mol. The molecule has 1 amide bonds. The summed E-state index contributed by atoms with van der Waals surface area (Å²) in [5, 5.41) is 11.8. The van der Waals surface area contributed by atoms with E-state index in [1.54, 1.807) is 6.07 Å². The molecule has 0 bridgehead atoms. The Kier molecular flexibility index (Phi) is 4.39. The molecule has 1 saturated heterocycles. The average Bonchev–Trinajstić information content (AvgIpc) is 2.84. The lowest BCUT2D eigenvalue weighted by molar-refractivity contribution is -0.117. The third kappa shape index (κ3) is 3.68.